The summed E-state index contributed by atoms with van der Waals surface area (Å²) in [7, 11) is 0. The second-order valence-corrected chi connectivity index (χ2v) is 6.94. The SMILES string of the molecule is CC1(O)CCOCC1C1CCCN1c1ccc(Br)cn1. The highest BCUT2D eigenvalue weighted by molar-refractivity contribution is 9.10. The molecule has 1 N–H and O–H groups in total. The zero-order valence-corrected chi connectivity index (χ0v) is 13.3. The molecule has 1 aromatic heterocycles. The second kappa shape index (κ2) is 5.62. The summed E-state index contributed by atoms with van der Waals surface area (Å²) in [5, 5.41) is 10.7. The van der Waals surface area contributed by atoms with E-state index in [-0.39, 0.29) is 5.92 Å². The lowest BCUT2D eigenvalue weighted by molar-refractivity contribution is -0.108. The number of halogens is 1. The zero-order chi connectivity index (χ0) is 14.2. The maximum Gasteiger partial charge on any atom is 0.128 e. The smallest absolute Gasteiger partial charge is 0.128 e. The summed E-state index contributed by atoms with van der Waals surface area (Å²) in [4.78, 5) is 6.84. The molecule has 2 saturated heterocycles. The standard InChI is InChI=1S/C15H21BrN2O2/c1-15(19)6-8-20-10-12(15)13-3-2-7-18(13)14-5-4-11(16)9-17-14/h4-5,9,12-13,19H,2-3,6-8,10H2,1H3. The lowest BCUT2D eigenvalue weighted by Crippen LogP contribution is -2.52. The van der Waals surface area contributed by atoms with E-state index < -0.39 is 5.60 Å². The minimum atomic E-state index is -0.638. The topological polar surface area (TPSA) is 45.6 Å². The summed E-state index contributed by atoms with van der Waals surface area (Å²) in [5.74, 6) is 1.15. The molecular weight excluding hydrogens is 320 g/mol. The van der Waals surface area contributed by atoms with Crippen molar-refractivity contribution in [2.45, 2.75) is 37.8 Å². The van der Waals surface area contributed by atoms with Crippen molar-refractivity contribution in [2.75, 3.05) is 24.7 Å². The van der Waals surface area contributed by atoms with E-state index in [2.05, 4.69) is 25.8 Å². The molecular formula is C15H21BrN2O2. The van der Waals surface area contributed by atoms with Gasteiger partial charge in [0.25, 0.3) is 0 Å². The van der Waals surface area contributed by atoms with E-state index in [4.69, 9.17) is 4.74 Å². The van der Waals surface area contributed by atoms with Crippen molar-refractivity contribution < 1.29 is 9.84 Å². The first-order valence-corrected chi connectivity index (χ1v) is 8.05. The van der Waals surface area contributed by atoms with Gasteiger partial charge in [0.1, 0.15) is 5.82 Å². The van der Waals surface area contributed by atoms with Gasteiger partial charge in [0.2, 0.25) is 0 Å². The van der Waals surface area contributed by atoms with Crippen LogP contribution in [0.15, 0.2) is 22.8 Å². The van der Waals surface area contributed by atoms with Crippen molar-refractivity contribution in [3.05, 3.63) is 22.8 Å². The van der Waals surface area contributed by atoms with Crippen LogP contribution in [0, 0.1) is 5.92 Å². The molecule has 0 amide bonds. The Morgan fingerprint density at radius 2 is 2.35 bits per heavy atom. The molecule has 0 bridgehead atoms. The van der Waals surface area contributed by atoms with E-state index >= 15 is 0 Å². The highest BCUT2D eigenvalue weighted by Gasteiger charge is 2.44. The first-order chi connectivity index (χ1) is 9.58. The molecule has 3 heterocycles. The molecule has 2 aliphatic rings. The Kier molecular flexibility index (Phi) is 4.02. The number of hydrogen-bond acceptors (Lipinski definition) is 4. The minimum absolute atomic E-state index is 0.157. The number of pyridine rings is 1. The van der Waals surface area contributed by atoms with Crippen molar-refractivity contribution in [1.29, 1.82) is 0 Å². The maximum absolute atomic E-state index is 10.7. The van der Waals surface area contributed by atoms with Crippen molar-refractivity contribution in [1.82, 2.24) is 4.98 Å². The summed E-state index contributed by atoms with van der Waals surface area (Å²) in [5.41, 5.74) is -0.638. The normalized spacial score (nSPS) is 34.5. The summed E-state index contributed by atoms with van der Waals surface area (Å²) in [6.45, 7) is 4.26. The van der Waals surface area contributed by atoms with E-state index in [1.807, 2.05) is 25.3 Å². The van der Waals surface area contributed by atoms with Crippen LogP contribution in [0.4, 0.5) is 5.82 Å². The fraction of sp³-hybridized carbons (Fsp3) is 0.667. The highest BCUT2D eigenvalue weighted by Crippen LogP contribution is 2.37. The van der Waals surface area contributed by atoms with Crippen molar-refractivity contribution >= 4 is 21.7 Å². The van der Waals surface area contributed by atoms with E-state index in [1.54, 1.807) is 0 Å². The number of aromatic nitrogens is 1. The zero-order valence-electron chi connectivity index (χ0n) is 11.8. The molecule has 3 atom stereocenters. The second-order valence-electron chi connectivity index (χ2n) is 6.03. The quantitative estimate of drug-likeness (QED) is 0.898. The Morgan fingerprint density at radius 1 is 1.50 bits per heavy atom. The van der Waals surface area contributed by atoms with Gasteiger partial charge in [0, 0.05) is 35.8 Å². The number of hydrogen-bond donors (Lipinski definition) is 1. The molecule has 1 aromatic rings. The van der Waals surface area contributed by atoms with Gasteiger partial charge in [-0.15, -0.1) is 0 Å². The fourth-order valence-electron chi connectivity index (χ4n) is 3.41. The molecule has 0 saturated carbocycles. The molecule has 0 aromatic carbocycles. The molecule has 4 nitrogen and oxygen atoms in total. The summed E-state index contributed by atoms with van der Waals surface area (Å²) >= 11 is 3.42. The average Bonchev–Trinajstić information content (AvgIpc) is 2.88. The molecule has 0 radical (unpaired) electrons. The van der Waals surface area contributed by atoms with Gasteiger partial charge < -0.3 is 14.7 Å². The maximum atomic E-state index is 10.7. The van der Waals surface area contributed by atoms with Gasteiger partial charge in [-0.3, -0.25) is 0 Å². The molecule has 3 rings (SSSR count). The van der Waals surface area contributed by atoms with Gasteiger partial charge in [-0.2, -0.15) is 0 Å². The van der Waals surface area contributed by atoms with Gasteiger partial charge in [0.05, 0.1) is 12.2 Å². The molecule has 2 fully saturated rings. The highest BCUT2D eigenvalue weighted by atomic mass is 79.9. The fourth-order valence-corrected chi connectivity index (χ4v) is 3.65. The van der Waals surface area contributed by atoms with Crippen LogP contribution in [0.25, 0.3) is 0 Å². The van der Waals surface area contributed by atoms with Gasteiger partial charge in [-0.1, -0.05) is 0 Å². The molecule has 5 heteroatoms. The lowest BCUT2D eigenvalue weighted by Gasteiger charge is -2.43. The summed E-state index contributed by atoms with van der Waals surface area (Å²) < 4.78 is 6.61. The number of aliphatic hydroxyl groups is 1. The van der Waals surface area contributed by atoms with Crippen LogP contribution in [0.5, 0.6) is 0 Å². The van der Waals surface area contributed by atoms with E-state index in [0.29, 0.717) is 19.3 Å². The predicted octanol–water partition coefficient (Wildman–Crippen LogP) is 2.60. The third-order valence-electron chi connectivity index (χ3n) is 4.62. The van der Waals surface area contributed by atoms with Crippen molar-refractivity contribution in [3.63, 3.8) is 0 Å². The molecule has 0 spiro atoms. The Morgan fingerprint density at radius 3 is 3.05 bits per heavy atom. The lowest BCUT2D eigenvalue weighted by atomic mass is 9.79. The number of rotatable bonds is 2. The van der Waals surface area contributed by atoms with Crippen molar-refractivity contribution in [2.24, 2.45) is 5.92 Å². The molecule has 3 unspecified atom stereocenters. The van der Waals surface area contributed by atoms with Gasteiger partial charge in [-0.25, -0.2) is 4.98 Å². The summed E-state index contributed by atoms with van der Waals surface area (Å²) in [6, 6.07) is 4.38. The minimum Gasteiger partial charge on any atom is -0.390 e. The van der Waals surface area contributed by atoms with Crippen LogP contribution in [-0.4, -0.2) is 41.5 Å². The average molecular weight is 341 g/mol. The Balaban J connectivity index is 1.83. The first kappa shape index (κ1) is 14.3. The molecule has 2 aliphatic heterocycles. The monoisotopic (exact) mass is 340 g/mol. The van der Waals surface area contributed by atoms with Gasteiger partial charge >= 0.3 is 0 Å². The molecule has 110 valence electrons. The number of nitrogens with zero attached hydrogens (tertiary/aromatic N) is 2. The first-order valence-electron chi connectivity index (χ1n) is 7.26. The third kappa shape index (κ3) is 2.71. The van der Waals surface area contributed by atoms with E-state index in [9.17, 15) is 5.11 Å². The van der Waals surface area contributed by atoms with Crippen LogP contribution < -0.4 is 4.90 Å². The van der Waals surface area contributed by atoms with Crippen LogP contribution >= 0.6 is 15.9 Å². The van der Waals surface area contributed by atoms with Gasteiger partial charge in [-0.05, 0) is 54.2 Å². The van der Waals surface area contributed by atoms with Crippen LogP contribution in [-0.2, 0) is 4.74 Å². The largest absolute Gasteiger partial charge is 0.390 e. The Bertz CT molecular complexity index is 463. The predicted molar refractivity (Wildman–Crippen MR) is 81.9 cm³/mol. The molecule has 0 aliphatic carbocycles. The Labute approximate surface area is 128 Å². The van der Waals surface area contributed by atoms with Crippen LogP contribution in [0.2, 0.25) is 0 Å². The summed E-state index contributed by atoms with van der Waals surface area (Å²) in [6.07, 6.45) is 4.80. The third-order valence-corrected chi connectivity index (χ3v) is 5.09. The van der Waals surface area contributed by atoms with E-state index in [0.717, 1.165) is 36.1 Å². The molecule has 20 heavy (non-hydrogen) atoms. The number of anilines is 1. The van der Waals surface area contributed by atoms with E-state index in [1.165, 1.54) is 0 Å². The number of ether oxygens (including phenoxy) is 1. The van der Waals surface area contributed by atoms with Crippen LogP contribution in [0.1, 0.15) is 26.2 Å². The van der Waals surface area contributed by atoms with Crippen LogP contribution in [0.3, 0.4) is 0 Å². The van der Waals surface area contributed by atoms with Crippen molar-refractivity contribution in [3.8, 4) is 0 Å². The van der Waals surface area contributed by atoms with Gasteiger partial charge in [0.15, 0.2) is 0 Å². The Hall–Kier alpha value is -0.650.